The van der Waals surface area contributed by atoms with E-state index in [2.05, 4.69) is 0 Å². The third kappa shape index (κ3) is 4.52. The van der Waals surface area contributed by atoms with Crippen LogP contribution in [-0.2, 0) is 19.0 Å². The van der Waals surface area contributed by atoms with E-state index in [0.29, 0.717) is 0 Å². The quantitative estimate of drug-likeness (QED) is 0.333. The summed E-state index contributed by atoms with van der Waals surface area (Å²) >= 11 is 0. The average Bonchev–Trinajstić information content (AvgIpc) is 2.92. The molecule has 0 saturated carbocycles. The number of aromatic hydroxyl groups is 2. The first-order chi connectivity index (χ1) is 19.3. The molecule has 0 bridgehead atoms. The minimum atomic E-state index is -1.69. The van der Waals surface area contributed by atoms with Gasteiger partial charge in [-0.3, -0.25) is 14.4 Å². The molecule has 1 fully saturated rings. The van der Waals surface area contributed by atoms with Crippen LogP contribution in [0.4, 0.5) is 0 Å². The molecule has 0 spiro atoms. The van der Waals surface area contributed by atoms with Gasteiger partial charge in [-0.25, -0.2) is 0 Å². The highest BCUT2D eigenvalue weighted by atomic mass is 16.7. The fourth-order valence-corrected chi connectivity index (χ4v) is 6.50. The maximum Gasteiger partial charge on any atom is 0.316 e. The molecule has 5 rings (SSSR count). The number of fused-ring (bicyclic) bond motifs is 3. The Morgan fingerprint density at radius 2 is 1.85 bits per heavy atom. The van der Waals surface area contributed by atoms with Crippen molar-refractivity contribution in [3.8, 4) is 11.5 Å². The van der Waals surface area contributed by atoms with Crippen LogP contribution in [0.2, 0.25) is 0 Å². The van der Waals surface area contributed by atoms with Gasteiger partial charge in [0, 0.05) is 35.6 Å². The smallest absolute Gasteiger partial charge is 0.316 e. The highest BCUT2D eigenvalue weighted by molar-refractivity contribution is 6.30. The Morgan fingerprint density at radius 1 is 1.15 bits per heavy atom. The highest BCUT2D eigenvalue weighted by Crippen LogP contribution is 2.54. The van der Waals surface area contributed by atoms with Crippen molar-refractivity contribution in [1.29, 1.82) is 0 Å². The van der Waals surface area contributed by atoms with Gasteiger partial charge in [-0.15, -0.1) is 0 Å². The monoisotopic (exact) mass is 569 g/mol. The average molecular weight is 570 g/mol. The first-order valence-corrected chi connectivity index (χ1v) is 13.6. The Labute approximate surface area is 237 Å². The number of phenolic OH excluding ortho intramolecular Hbond substituents is 2. The van der Waals surface area contributed by atoms with Gasteiger partial charge in [-0.05, 0) is 45.1 Å². The standard InChI is InChI=1S/C30H35NO10/c1-6-30(38)12-19(41-20-11-17(31(3)4)25(33)13(2)40-20)22-15(24(30)29(37)39-5)10-16-23(28(22)36)27(35)21-14(26(16)34)8-7-9-18(21)32/h7-10,13,17,19-20,24-25,32-33,36,38H,6,11-12H2,1-5H3/t13-,17-,19-,20+,24-,25+,30+/m0/s1. The lowest BCUT2D eigenvalue weighted by Crippen LogP contribution is -2.54. The second-order valence-corrected chi connectivity index (χ2v) is 11.3. The minimum absolute atomic E-state index is 0.0382. The predicted octanol–water partition coefficient (Wildman–Crippen LogP) is 2.16. The molecule has 3 aliphatic rings. The lowest BCUT2D eigenvalue weighted by Gasteiger charge is -2.46. The molecule has 11 nitrogen and oxygen atoms in total. The van der Waals surface area contributed by atoms with Crippen LogP contribution in [0.5, 0.6) is 11.5 Å². The first kappa shape index (κ1) is 29.2. The van der Waals surface area contributed by atoms with Crippen LogP contribution < -0.4 is 0 Å². The number of benzene rings is 2. The van der Waals surface area contributed by atoms with E-state index in [0.717, 1.165) is 0 Å². The first-order valence-electron chi connectivity index (χ1n) is 13.6. The van der Waals surface area contributed by atoms with Crippen molar-refractivity contribution in [2.45, 2.75) is 75.3 Å². The number of carbonyl (C=O) groups is 3. The SMILES string of the molecule is CC[C@@]1(O)C[C@H](O[C@@H]2C[C@H](N(C)C)[C@H](O)[C@H](C)O2)c2c(cc3c(c2O)C(=O)c2c(O)cccc2C3=O)[C@H]1C(=O)OC. The van der Waals surface area contributed by atoms with Crippen LogP contribution in [0.1, 0.15) is 88.1 Å². The zero-order valence-electron chi connectivity index (χ0n) is 23.6. The summed E-state index contributed by atoms with van der Waals surface area (Å²) in [6.45, 7) is 3.41. The Bertz CT molecular complexity index is 1420. The Balaban J connectivity index is 1.69. The molecule has 4 N–H and O–H groups in total. The number of hydrogen-bond acceptors (Lipinski definition) is 11. The summed E-state index contributed by atoms with van der Waals surface area (Å²) in [7, 11) is 4.82. The summed E-state index contributed by atoms with van der Waals surface area (Å²) < 4.78 is 17.3. The molecular formula is C30H35NO10. The number of aliphatic hydroxyl groups excluding tert-OH is 1. The number of nitrogens with zero attached hydrogens (tertiary/aromatic N) is 1. The van der Waals surface area contributed by atoms with Gasteiger partial charge in [-0.2, -0.15) is 0 Å². The van der Waals surface area contributed by atoms with Crippen LogP contribution in [0.3, 0.4) is 0 Å². The molecule has 7 atom stereocenters. The van der Waals surface area contributed by atoms with Crippen molar-refractivity contribution >= 4 is 17.5 Å². The Morgan fingerprint density at radius 3 is 2.49 bits per heavy atom. The molecule has 0 amide bonds. The van der Waals surface area contributed by atoms with E-state index in [-0.39, 0.29) is 58.7 Å². The maximum absolute atomic E-state index is 13.6. The number of likely N-dealkylation sites (N-methyl/N-ethyl adjacent to an activating group) is 1. The van der Waals surface area contributed by atoms with E-state index >= 15 is 0 Å². The third-order valence-corrected chi connectivity index (χ3v) is 8.77. The van der Waals surface area contributed by atoms with Crippen LogP contribution in [-0.4, -0.2) is 94.2 Å². The second-order valence-electron chi connectivity index (χ2n) is 11.3. The molecule has 2 aromatic rings. The van der Waals surface area contributed by atoms with Crippen molar-refractivity contribution < 1.29 is 49.0 Å². The summed E-state index contributed by atoms with van der Waals surface area (Å²) in [5.41, 5.74) is -2.27. The van der Waals surface area contributed by atoms with E-state index in [1.165, 1.54) is 31.4 Å². The second kappa shape index (κ2) is 10.5. The Hall–Kier alpha value is -3.35. The van der Waals surface area contributed by atoms with Crippen LogP contribution in [0, 0.1) is 0 Å². The normalized spacial score (nSPS) is 30.9. The number of aliphatic hydroxyl groups is 2. The van der Waals surface area contributed by atoms with Crippen LogP contribution in [0.25, 0.3) is 0 Å². The van der Waals surface area contributed by atoms with Gasteiger partial charge in [0.05, 0.1) is 42.1 Å². The van der Waals surface area contributed by atoms with E-state index in [1.807, 2.05) is 19.0 Å². The zero-order chi connectivity index (χ0) is 30.0. The molecule has 0 unspecified atom stereocenters. The predicted molar refractivity (Wildman–Crippen MR) is 144 cm³/mol. The maximum atomic E-state index is 13.6. The van der Waals surface area contributed by atoms with Gasteiger partial charge in [-0.1, -0.05) is 19.1 Å². The summed E-state index contributed by atoms with van der Waals surface area (Å²) in [5, 5.41) is 44.5. The fraction of sp³-hybridized carbons (Fsp3) is 0.500. The minimum Gasteiger partial charge on any atom is -0.507 e. The third-order valence-electron chi connectivity index (χ3n) is 8.77. The molecule has 0 aromatic heterocycles. The number of carbonyl (C=O) groups excluding carboxylic acids is 3. The van der Waals surface area contributed by atoms with Gasteiger partial charge in [0.25, 0.3) is 0 Å². The van der Waals surface area contributed by atoms with E-state index < -0.39 is 65.2 Å². The summed E-state index contributed by atoms with van der Waals surface area (Å²) in [6, 6.07) is 5.14. The van der Waals surface area contributed by atoms with Crippen molar-refractivity contribution in [3.05, 3.63) is 57.6 Å². The summed E-state index contributed by atoms with van der Waals surface area (Å²) in [4.78, 5) is 42.1. The van der Waals surface area contributed by atoms with Crippen LogP contribution in [0.15, 0.2) is 24.3 Å². The van der Waals surface area contributed by atoms with Gasteiger partial charge in [0.1, 0.15) is 17.4 Å². The van der Waals surface area contributed by atoms with Gasteiger partial charge in [0.15, 0.2) is 12.1 Å². The summed E-state index contributed by atoms with van der Waals surface area (Å²) in [5.74, 6) is -4.42. The molecule has 1 heterocycles. The fourth-order valence-electron chi connectivity index (χ4n) is 6.50. The lowest BCUT2D eigenvalue weighted by atomic mass is 9.67. The lowest BCUT2D eigenvalue weighted by molar-refractivity contribution is -0.258. The Kier molecular flexibility index (Phi) is 7.46. The molecule has 1 saturated heterocycles. The summed E-state index contributed by atoms with van der Waals surface area (Å²) in [6.07, 6.45) is -3.09. The van der Waals surface area contributed by atoms with Gasteiger partial charge >= 0.3 is 5.97 Å². The highest BCUT2D eigenvalue weighted by Gasteiger charge is 2.53. The van der Waals surface area contributed by atoms with Crippen molar-refractivity contribution in [2.24, 2.45) is 0 Å². The molecule has 1 aliphatic heterocycles. The van der Waals surface area contributed by atoms with Gasteiger partial charge < -0.3 is 39.5 Å². The van der Waals surface area contributed by atoms with Crippen molar-refractivity contribution in [2.75, 3.05) is 21.2 Å². The largest absolute Gasteiger partial charge is 0.507 e. The zero-order valence-corrected chi connectivity index (χ0v) is 23.6. The van der Waals surface area contributed by atoms with Crippen molar-refractivity contribution in [1.82, 2.24) is 4.90 Å². The van der Waals surface area contributed by atoms with Crippen molar-refractivity contribution in [3.63, 3.8) is 0 Å². The molecule has 11 heteroatoms. The number of ether oxygens (including phenoxy) is 3. The molecule has 2 aromatic carbocycles. The number of hydrogen-bond donors (Lipinski definition) is 4. The number of esters is 1. The number of methoxy groups -OCH3 is 1. The number of ketones is 2. The van der Waals surface area contributed by atoms with Gasteiger partial charge in [0.2, 0.25) is 5.78 Å². The number of phenols is 2. The van der Waals surface area contributed by atoms with E-state index in [1.54, 1.807) is 13.8 Å². The topological polar surface area (TPSA) is 163 Å². The van der Waals surface area contributed by atoms with Crippen LogP contribution >= 0.6 is 0 Å². The number of rotatable bonds is 5. The van der Waals surface area contributed by atoms with E-state index in [4.69, 9.17) is 14.2 Å². The molecule has 41 heavy (non-hydrogen) atoms. The molecule has 220 valence electrons. The molecular weight excluding hydrogens is 534 g/mol. The molecule has 0 radical (unpaired) electrons. The molecule has 2 aliphatic carbocycles. The van der Waals surface area contributed by atoms with E-state index in [9.17, 15) is 34.8 Å².